The third-order valence-electron chi connectivity index (χ3n) is 3.51. The number of halogens is 1. The van der Waals surface area contributed by atoms with Crippen LogP contribution in [0.2, 0.25) is 0 Å². The zero-order chi connectivity index (χ0) is 13.7. The second-order valence-electron chi connectivity index (χ2n) is 4.98. The Kier molecular flexibility index (Phi) is 5.02. The van der Waals surface area contributed by atoms with E-state index in [0.29, 0.717) is 5.92 Å². The molecule has 1 aliphatic rings. The second-order valence-corrected chi connectivity index (χ2v) is 5.89. The minimum absolute atomic E-state index is 0.199. The molecule has 0 aromatic heterocycles. The molecule has 0 unspecified atom stereocenters. The summed E-state index contributed by atoms with van der Waals surface area (Å²) < 4.78 is 0.947. The van der Waals surface area contributed by atoms with Gasteiger partial charge in [0.25, 0.3) is 0 Å². The molecule has 2 N–H and O–H groups in total. The summed E-state index contributed by atoms with van der Waals surface area (Å²) in [5.74, 6) is 0.645. The molecule has 2 rings (SSSR count). The molecule has 102 valence electrons. The molecule has 0 saturated heterocycles. The molecule has 3 nitrogen and oxygen atoms in total. The molecule has 19 heavy (non-hydrogen) atoms. The summed E-state index contributed by atoms with van der Waals surface area (Å²) in [7, 11) is 0. The van der Waals surface area contributed by atoms with Crippen molar-refractivity contribution in [3.63, 3.8) is 0 Å². The first-order valence-corrected chi connectivity index (χ1v) is 7.44. The normalized spacial score (nSPS) is 16.4. The van der Waals surface area contributed by atoms with Crippen molar-refractivity contribution in [1.82, 2.24) is 5.32 Å². The van der Waals surface area contributed by atoms with Gasteiger partial charge in [0.1, 0.15) is 0 Å². The topological polar surface area (TPSA) is 41.1 Å². The number of allylic oxidation sites excluding steroid dienone is 1. The predicted molar refractivity (Wildman–Crippen MR) is 82.0 cm³/mol. The number of amides is 2. The average Bonchev–Trinajstić information content (AvgIpc) is 2.90. The number of nitrogens with one attached hydrogen (secondary N) is 2. The highest BCUT2D eigenvalue weighted by Gasteiger charge is 2.16. The standard InChI is InChI=1S/C15H19BrN2O/c1-11(12-5-2-3-6-12)10-17-15(19)18-14-8-4-7-13(16)9-14/h4,7-10,12H,2-3,5-6H2,1H3,(H2,17,18,19)/b11-10+. The molecule has 0 spiro atoms. The van der Waals surface area contributed by atoms with Crippen molar-refractivity contribution < 1.29 is 4.79 Å². The van der Waals surface area contributed by atoms with Gasteiger partial charge in [0.2, 0.25) is 0 Å². The van der Waals surface area contributed by atoms with Crippen LogP contribution in [-0.2, 0) is 0 Å². The number of rotatable bonds is 3. The molecule has 4 heteroatoms. The number of urea groups is 1. The fourth-order valence-electron chi connectivity index (χ4n) is 2.41. The Labute approximate surface area is 122 Å². The average molecular weight is 323 g/mol. The summed E-state index contributed by atoms with van der Waals surface area (Å²) >= 11 is 3.38. The van der Waals surface area contributed by atoms with E-state index in [4.69, 9.17) is 0 Å². The van der Waals surface area contributed by atoms with E-state index in [2.05, 4.69) is 33.5 Å². The SMILES string of the molecule is C/C(=C\NC(=O)Nc1cccc(Br)c1)C1CCCC1. The maximum absolute atomic E-state index is 11.8. The molecule has 1 fully saturated rings. The second kappa shape index (κ2) is 6.75. The number of hydrogen-bond donors (Lipinski definition) is 2. The van der Waals surface area contributed by atoms with Crippen LogP contribution in [0, 0.1) is 5.92 Å². The summed E-state index contributed by atoms with van der Waals surface area (Å²) in [4.78, 5) is 11.8. The van der Waals surface area contributed by atoms with Gasteiger partial charge >= 0.3 is 6.03 Å². The van der Waals surface area contributed by atoms with Crippen LogP contribution < -0.4 is 10.6 Å². The van der Waals surface area contributed by atoms with Gasteiger partial charge in [-0.25, -0.2) is 4.79 Å². The summed E-state index contributed by atoms with van der Waals surface area (Å²) in [6.45, 7) is 2.09. The van der Waals surface area contributed by atoms with E-state index in [-0.39, 0.29) is 6.03 Å². The van der Waals surface area contributed by atoms with Crippen molar-refractivity contribution in [3.8, 4) is 0 Å². The van der Waals surface area contributed by atoms with Crippen molar-refractivity contribution in [2.45, 2.75) is 32.6 Å². The highest BCUT2D eigenvalue weighted by atomic mass is 79.9. The molecule has 1 aliphatic carbocycles. The lowest BCUT2D eigenvalue weighted by atomic mass is 10.0. The van der Waals surface area contributed by atoms with Crippen molar-refractivity contribution in [3.05, 3.63) is 40.5 Å². The molecule has 1 saturated carbocycles. The first kappa shape index (κ1) is 14.1. The maximum atomic E-state index is 11.8. The minimum atomic E-state index is -0.199. The largest absolute Gasteiger partial charge is 0.323 e. The Balaban J connectivity index is 1.85. The van der Waals surface area contributed by atoms with Crippen LogP contribution in [0.5, 0.6) is 0 Å². The number of carbonyl (C=O) groups excluding carboxylic acids is 1. The summed E-state index contributed by atoms with van der Waals surface area (Å²) in [6, 6.07) is 7.34. The Bertz CT molecular complexity index is 479. The van der Waals surface area contributed by atoms with E-state index in [1.807, 2.05) is 30.5 Å². The Hall–Kier alpha value is -1.29. The van der Waals surface area contributed by atoms with E-state index >= 15 is 0 Å². The third kappa shape index (κ3) is 4.39. The summed E-state index contributed by atoms with van der Waals surface area (Å²) in [5, 5.41) is 5.60. The van der Waals surface area contributed by atoms with E-state index in [9.17, 15) is 4.79 Å². The first-order chi connectivity index (χ1) is 9.15. The van der Waals surface area contributed by atoms with E-state index in [1.54, 1.807) is 0 Å². The fourth-order valence-corrected chi connectivity index (χ4v) is 2.81. The minimum Gasteiger partial charge on any atom is -0.314 e. The van der Waals surface area contributed by atoms with Crippen LogP contribution in [-0.4, -0.2) is 6.03 Å². The number of benzene rings is 1. The van der Waals surface area contributed by atoms with E-state index in [0.717, 1.165) is 10.2 Å². The smallest absolute Gasteiger partial charge is 0.314 e. The lowest BCUT2D eigenvalue weighted by Crippen LogP contribution is -2.24. The van der Waals surface area contributed by atoms with Crippen molar-refractivity contribution in [2.75, 3.05) is 5.32 Å². The number of anilines is 1. The summed E-state index contributed by atoms with van der Waals surface area (Å²) in [6.07, 6.45) is 6.94. The Morgan fingerprint density at radius 3 is 2.79 bits per heavy atom. The van der Waals surface area contributed by atoms with Crippen LogP contribution in [0.1, 0.15) is 32.6 Å². The molecular formula is C15H19BrN2O. The van der Waals surface area contributed by atoms with Gasteiger partial charge in [-0.1, -0.05) is 40.4 Å². The molecule has 2 amide bonds. The van der Waals surface area contributed by atoms with Crippen LogP contribution in [0.25, 0.3) is 0 Å². The van der Waals surface area contributed by atoms with Crippen molar-refractivity contribution in [1.29, 1.82) is 0 Å². The summed E-state index contributed by atoms with van der Waals surface area (Å²) in [5.41, 5.74) is 2.04. The zero-order valence-electron chi connectivity index (χ0n) is 11.1. The highest BCUT2D eigenvalue weighted by molar-refractivity contribution is 9.10. The van der Waals surface area contributed by atoms with Gasteiger partial charge in [-0.2, -0.15) is 0 Å². The van der Waals surface area contributed by atoms with Gasteiger partial charge < -0.3 is 10.6 Å². The van der Waals surface area contributed by atoms with Gasteiger partial charge in [-0.05, 0) is 43.9 Å². The first-order valence-electron chi connectivity index (χ1n) is 6.65. The van der Waals surface area contributed by atoms with E-state index < -0.39 is 0 Å². The fraction of sp³-hybridized carbons (Fsp3) is 0.400. The molecule has 0 radical (unpaired) electrons. The van der Waals surface area contributed by atoms with Crippen LogP contribution in [0.4, 0.5) is 10.5 Å². The van der Waals surface area contributed by atoms with E-state index in [1.165, 1.54) is 31.3 Å². The van der Waals surface area contributed by atoms with Crippen LogP contribution >= 0.6 is 15.9 Å². The highest BCUT2D eigenvalue weighted by Crippen LogP contribution is 2.30. The Morgan fingerprint density at radius 2 is 2.11 bits per heavy atom. The number of carbonyl (C=O) groups is 1. The van der Waals surface area contributed by atoms with Crippen LogP contribution in [0.15, 0.2) is 40.5 Å². The third-order valence-corrected chi connectivity index (χ3v) is 4.01. The molecule has 1 aromatic rings. The molecule has 1 aromatic carbocycles. The van der Waals surface area contributed by atoms with Gasteiger partial charge in [0.15, 0.2) is 0 Å². The molecule has 0 aliphatic heterocycles. The maximum Gasteiger partial charge on any atom is 0.323 e. The lowest BCUT2D eigenvalue weighted by molar-refractivity contribution is 0.255. The van der Waals surface area contributed by atoms with Gasteiger partial charge in [-0.15, -0.1) is 0 Å². The van der Waals surface area contributed by atoms with Gasteiger partial charge in [0.05, 0.1) is 0 Å². The number of hydrogen-bond acceptors (Lipinski definition) is 1. The van der Waals surface area contributed by atoms with Crippen molar-refractivity contribution >= 4 is 27.6 Å². The molecule has 0 bridgehead atoms. The molecule has 0 heterocycles. The zero-order valence-corrected chi connectivity index (χ0v) is 12.7. The van der Waals surface area contributed by atoms with Gasteiger partial charge in [0, 0.05) is 16.4 Å². The predicted octanol–water partition coefficient (Wildman–Crippen LogP) is 4.66. The Morgan fingerprint density at radius 1 is 1.37 bits per heavy atom. The quantitative estimate of drug-likeness (QED) is 0.834. The van der Waals surface area contributed by atoms with Crippen LogP contribution in [0.3, 0.4) is 0 Å². The van der Waals surface area contributed by atoms with Crippen molar-refractivity contribution in [2.24, 2.45) is 5.92 Å². The van der Waals surface area contributed by atoms with Gasteiger partial charge in [-0.3, -0.25) is 0 Å². The molecule has 0 atom stereocenters. The lowest BCUT2D eigenvalue weighted by Gasteiger charge is -2.10. The molecular weight excluding hydrogens is 304 g/mol. The monoisotopic (exact) mass is 322 g/mol.